The summed E-state index contributed by atoms with van der Waals surface area (Å²) in [4.78, 5) is 15.8. The highest BCUT2D eigenvalue weighted by atomic mass is 16.4. The molecule has 3 rings (SSSR count). The zero-order valence-electron chi connectivity index (χ0n) is 9.33. The number of phenols is 1. The normalized spacial score (nSPS) is 10.7. The lowest BCUT2D eigenvalue weighted by atomic mass is 10.1. The molecule has 0 aliphatic rings. The Morgan fingerprint density at radius 2 is 2.06 bits per heavy atom. The van der Waals surface area contributed by atoms with E-state index in [9.17, 15) is 9.90 Å². The van der Waals surface area contributed by atoms with E-state index in [4.69, 9.17) is 4.42 Å². The van der Waals surface area contributed by atoms with Gasteiger partial charge in [-0.25, -0.2) is 4.79 Å². The smallest absolute Gasteiger partial charge is 0.344 e. The Morgan fingerprint density at radius 3 is 2.83 bits per heavy atom. The lowest BCUT2D eigenvalue weighted by Gasteiger charge is -2.02. The van der Waals surface area contributed by atoms with E-state index in [-0.39, 0.29) is 5.75 Å². The fraction of sp³-hybridized carbons (Fsp3) is 0. The molecule has 0 saturated heterocycles. The van der Waals surface area contributed by atoms with Crippen LogP contribution in [0, 0.1) is 0 Å². The van der Waals surface area contributed by atoms with Gasteiger partial charge in [-0.1, -0.05) is 6.07 Å². The molecule has 4 nitrogen and oxygen atoms in total. The lowest BCUT2D eigenvalue weighted by Crippen LogP contribution is -2.02. The van der Waals surface area contributed by atoms with Crippen molar-refractivity contribution in [3.63, 3.8) is 0 Å². The molecule has 0 fully saturated rings. The molecule has 3 aromatic rings. The Balaban J connectivity index is 2.31. The summed E-state index contributed by atoms with van der Waals surface area (Å²) in [6.45, 7) is 0. The van der Waals surface area contributed by atoms with Crippen LogP contribution in [0.4, 0.5) is 0 Å². The van der Waals surface area contributed by atoms with Crippen LogP contribution in [-0.4, -0.2) is 10.1 Å². The monoisotopic (exact) mass is 239 g/mol. The number of fused-ring (bicyclic) bond motifs is 1. The molecule has 0 atom stereocenters. The summed E-state index contributed by atoms with van der Waals surface area (Å²) in [5.74, 6) is 0.133. The van der Waals surface area contributed by atoms with Gasteiger partial charge in [-0.2, -0.15) is 0 Å². The van der Waals surface area contributed by atoms with Crippen molar-refractivity contribution in [1.29, 1.82) is 0 Å². The van der Waals surface area contributed by atoms with E-state index >= 15 is 0 Å². The molecule has 0 radical (unpaired) electrons. The molecule has 4 heteroatoms. The third-order valence-electron chi connectivity index (χ3n) is 2.69. The predicted molar refractivity (Wildman–Crippen MR) is 67.4 cm³/mol. The number of hydrogen-bond acceptors (Lipinski definition) is 4. The van der Waals surface area contributed by atoms with Gasteiger partial charge in [0.25, 0.3) is 0 Å². The van der Waals surface area contributed by atoms with Crippen molar-refractivity contribution < 1.29 is 9.52 Å². The molecule has 0 unspecified atom stereocenters. The number of rotatable bonds is 1. The van der Waals surface area contributed by atoms with Gasteiger partial charge in [0.05, 0.1) is 5.56 Å². The average molecular weight is 239 g/mol. The van der Waals surface area contributed by atoms with Gasteiger partial charge in [-0.3, -0.25) is 4.98 Å². The molecule has 18 heavy (non-hydrogen) atoms. The number of aromatic nitrogens is 1. The summed E-state index contributed by atoms with van der Waals surface area (Å²) in [5, 5.41) is 10.1. The highest BCUT2D eigenvalue weighted by Gasteiger charge is 2.07. The van der Waals surface area contributed by atoms with Crippen molar-refractivity contribution in [2.75, 3.05) is 0 Å². The second kappa shape index (κ2) is 4.00. The Labute approximate surface area is 102 Å². The van der Waals surface area contributed by atoms with Crippen molar-refractivity contribution in [2.24, 2.45) is 0 Å². The molecule has 2 aromatic heterocycles. The molecule has 0 aliphatic carbocycles. The molecule has 0 bridgehead atoms. The molecular weight excluding hydrogens is 230 g/mol. The number of phenolic OH excluding ortho intramolecular Hbond substituents is 1. The van der Waals surface area contributed by atoms with Gasteiger partial charge in [0.1, 0.15) is 11.3 Å². The molecule has 1 N–H and O–H groups in total. The van der Waals surface area contributed by atoms with Crippen LogP contribution in [0.15, 0.2) is 58.0 Å². The van der Waals surface area contributed by atoms with E-state index in [0.29, 0.717) is 22.1 Å². The molecule has 0 aliphatic heterocycles. The second-order valence-corrected chi connectivity index (χ2v) is 3.91. The van der Waals surface area contributed by atoms with Crippen LogP contribution in [0.2, 0.25) is 0 Å². The van der Waals surface area contributed by atoms with E-state index < -0.39 is 5.63 Å². The topological polar surface area (TPSA) is 63.3 Å². The SMILES string of the molecule is O=c1oc2ccc(O)cc2cc1-c1cccnc1. The van der Waals surface area contributed by atoms with Gasteiger partial charge in [-0.05, 0) is 30.3 Å². The first-order valence-corrected chi connectivity index (χ1v) is 5.41. The third kappa shape index (κ3) is 1.73. The van der Waals surface area contributed by atoms with Crippen molar-refractivity contribution in [3.8, 4) is 16.9 Å². The van der Waals surface area contributed by atoms with Gasteiger partial charge in [0.15, 0.2) is 0 Å². The zero-order valence-corrected chi connectivity index (χ0v) is 9.33. The van der Waals surface area contributed by atoms with Crippen LogP contribution in [-0.2, 0) is 0 Å². The Kier molecular flexibility index (Phi) is 2.34. The maximum absolute atomic E-state index is 11.9. The number of aromatic hydroxyl groups is 1. The first kappa shape index (κ1) is 10.5. The van der Waals surface area contributed by atoms with Gasteiger partial charge >= 0.3 is 5.63 Å². The molecule has 0 saturated carbocycles. The van der Waals surface area contributed by atoms with Crippen LogP contribution in [0.25, 0.3) is 22.1 Å². The first-order chi connectivity index (χ1) is 8.74. The highest BCUT2D eigenvalue weighted by Crippen LogP contribution is 2.23. The Hall–Kier alpha value is -2.62. The highest BCUT2D eigenvalue weighted by molar-refractivity contribution is 5.82. The predicted octanol–water partition coefficient (Wildman–Crippen LogP) is 2.56. The number of pyridine rings is 1. The molecule has 2 heterocycles. The van der Waals surface area contributed by atoms with E-state index in [1.54, 1.807) is 42.7 Å². The molecule has 1 aromatic carbocycles. The summed E-state index contributed by atoms with van der Waals surface area (Å²) >= 11 is 0. The maximum Gasteiger partial charge on any atom is 0.344 e. The van der Waals surface area contributed by atoms with Crippen molar-refractivity contribution in [3.05, 3.63) is 59.2 Å². The van der Waals surface area contributed by atoms with Crippen molar-refractivity contribution in [2.45, 2.75) is 0 Å². The number of hydrogen-bond donors (Lipinski definition) is 1. The fourth-order valence-electron chi connectivity index (χ4n) is 1.83. The van der Waals surface area contributed by atoms with Crippen LogP contribution in [0.1, 0.15) is 0 Å². The van der Waals surface area contributed by atoms with Crippen LogP contribution in [0.3, 0.4) is 0 Å². The fourth-order valence-corrected chi connectivity index (χ4v) is 1.83. The van der Waals surface area contributed by atoms with Crippen LogP contribution in [0.5, 0.6) is 5.75 Å². The van der Waals surface area contributed by atoms with Gasteiger partial charge in [0, 0.05) is 23.3 Å². The van der Waals surface area contributed by atoms with Gasteiger partial charge < -0.3 is 9.52 Å². The summed E-state index contributed by atoms with van der Waals surface area (Å²) < 4.78 is 5.21. The minimum absolute atomic E-state index is 0.133. The largest absolute Gasteiger partial charge is 0.508 e. The molecule has 0 spiro atoms. The lowest BCUT2D eigenvalue weighted by molar-refractivity contribution is 0.475. The minimum atomic E-state index is -0.416. The standard InChI is InChI=1S/C14H9NO3/c16-11-3-4-13-10(6-11)7-12(14(17)18-13)9-2-1-5-15-8-9/h1-8,16H. The molecular formula is C14H9NO3. The van der Waals surface area contributed by atoms with E-state index in [0.717, 1.165) is 0 Å². The van der Waals surface area contributed by atoms with E-state index in [1.165, 1.54) is 6.07 Å². The van der Waals surface area contributed by atoms with Crippen molar-refractivity contribution >= 4 is 11.0 Å². The van der Waals surface area contributed by atoms with Gasteiger partial charge in [-0.15, -0.1) is 0 Å². The Morgan fingerprint density at radius 1 is 1.17 bits per heavy atom. The molecule has 0 amide bonds. The van der Waals surface area contributed by atoms with Crippen LogP contribution >= 0.6 is 0 Å². The van der Waals surface area contributed by atoms with Gasteiger partial charge in [0.2, 0.25) is 0 Å². The van der Waals surface area contributed by atoms with E-state index in [1.807, 2.05) is 0 Å². The summed E-state index contributed by atoms with van der Waals surface area (Å²) in [6, 6.07) is 9.83. The van der Waals surface area contributed by atoms with Crippen molar-refractivity contribution in [1.82, 2.24) is 4.98 Å². The zero-order chi connectivity index (χ0) is 12.5. The summed E-state index contributed by atoms with van der Waals surface area (Å²) in [5.41, 5.74) is 1.16. The Bertz CT molecular complexity index is 763. The van der Waals surface area contributed by atoms with Crippen LogP contribution < -0.4 is 5.63 Å². The minimum Gasteiger partial charge on any atom is -0.508 e. The first-order valence-electron chi connectivity index (χ1n) is 5.41. The van der Waals surface area contributed by atoms with E-state index in [2.05, 4.69) is 4.98 Å². The average Bonchev–Trinajstić information content (AvgIpc) is 2.39. The molecule has 88 valence electrons. The quantitative estimate of drug-likeness (QED) is 0.663. The summed E-state index contributed by atoms with van der Waals surface area (Å²) in [7, 11) is 0. The maximum atomic E-state index is 11.9. The second-order valence-electron chi connectivity index (χ2n) is 3.91. The summed E-state index contributed by atoms with van der Waals surface area (Å²) in [6.07, 6.45) is 3.23. The number of nitrogens with zero attached hydrogens (tertiary/aromatic N) is 1. The third-order valence-corrected chi connectivity index (χ3v) is 2.69. The number of benzene rings is 1.